The minimum atomic E-state index is 0.909. The first-order valence-electron chi connectivity index (χ1n) is 6.92. The average molecular weight is 312 g/mol. The van der Waals surface area contributed by atoms with E-state index in [1.807, 2.05) is 0 Å². The van der Waals surface area contributed by atoms with Gasteiger partial charge in [-0.1, -0.05) is 28.8 Å². The molecule has 2 rings (SSSR count). The third-order valence-corrected chi connectivity index (χ3v) is 4.08. The number of ether oxygens (including phenoxy) is 1. The Bertz CT molecular complexity index is 333. The molecule has 0 atom stereocenters. The minimum Gasteiger partial charge on any atom is -0.385 e. The molecule has 1 heterocycles. The summed E-state index contributed by atoms with van der Waals surface area (Å²) >= 11 is 3.44. The zero-order chi connectivity index (χ0) is 12.6. The quantitative estimate of drug-likeness (QED) is 0.783. The fourth-order valence-electron chi connectivity index (χ4n) is 2.39. The number of unbranched alkanes of at least 4 members (excludes halogenated alkanes) is 1. The highest BCUT2D eigenvalue weighted by Gasteiger charge is 2.12. The van der Waals surface area contributed by atoms with Gasteiger partial charge in [0.05, 0.1) is 0 Å². The molecule has 0 spiro atoms. The highest BCUT2D eigenvalue weighted by Crippen LogP contribution is 2.21. The van der Waals surface area contributed by atoms with Crippen molar-refractivity contribution in [3.63, 3.8) is 0 Å². The Labute approximate surface area is 118 Å². The lowest BCUT2D eigenvalue weighted by Crippen LogP contribution is -2.15. The molecule has 0 aliphatic carbocycles. The second-order valence-corrected chi connectivity index (χ2v) is 5.90. The molecule has 1 saturated heterocycles. The predicted octanol–water partition coefficient (Wildman–Crippen LogP) is 4.46. The second kappa shape index (κ2) is 7.80. The molecule has 1 aromatic carbocycles. The Morgan fingerprint density at radius 2 is 1.83 bits per heavy atom. The topological polar surface area (TPSA) is 21.3 Å². The molecule has 18 heavy (non-hydrogen) atoms. The number of hydrogen-bond donors (Lipinski definition) is 1. The summed E-state index contributed by atoms with van der Waals surface area (Å²) in [4.78, 5) is 0. The molecule has 3 heteroatoms. The highest BCUT2D eigenvalue weighted by atomic mass is 79.9. The van der Waals surface area contributed by atoms with Crippen LogP contribution in [0.3, 0.4) is 0 Å². The number of benzene rings is 1. The Hall–Kier alpha value is -0.540. The maximum atomic E-state index is 5.38. The van der Waals surface area contributed by atoms with Crippen molar-refractivity contribution in [2.75, 3.05) is 25.1 Å². The third kappa shape index (κ3) is 4.99. The van der Waals surface area contributed by atoms with Crippen molar-refractivity contribution in [3.05, 3.63) is 28.7 Å². The van der Waals surface area contributed by atoms with Crippen molar-refractivity contribution in [3.8, 4) is 0 Å². The Kier molecular flexibility index (Phi) is 6.01. The van der Waals surface area contributed by atoms with Gasteiger partial charge in [0.25, 0.3) is 0 Å². The first-order valence-corrected chi connectivity index (χ1v) is 7.71. The van der Waals surface area contributed by atoms with E-state index in [9.17, 15) is 0 Å². The van der Waals surface area contributed by atoms with Gasteiger partial charge in [-0.05, 0) is 49.4 Å². The van der Waals surface area contributed by atoms with E-state index in [0.29, 0.717) is 0 Å². The van der Waals surface area contributed by atoms with Crippen LogP contribution in [0.2, 0.25) is 0 Å². The van der Waals surface area contributed by atoms with Crippen molar-refractivity contribution in [2.24, 2.45) is 5.92 Å². The average Bonchev–Trinajstić information content (AvgIpc) is 2.42. The molecule has 1 aromatic rings. The zero-order valence-corrected chi connectivity index (χ0v) is 12.4. The van der Waals surface area contributed by atoms with Gasteiger partial charge in [0.1, 0.15) is 0 Å². The van der Waals surface area contributed by atoms with Gasteiger partial charge < -0.3 is 10.1 Å². The number of hydrogen-bond acceptors (Lipinski definition) is 2. The number of rotatable bonds is 6. The van der Waals surface area contributed by atoms with E-state index in [-0.39, 0.29) is 0 Å². The lowest BCUT2D eigenvalue weighted by atomic mass is 9.94. The minimum absolute atomic E-state index is 0.909. The monoisotopic (exact) mass is 311 g/mol. The maximum absolute atomic E-state index is 5.38. The van der Waals surface area contributed by atoms with Gasteiger partial charge in [0.2, 0.25) is 0 Å². The van der Waals surface area contributed by atoms with Gasteiger partial charge in [0.15, 0.2) is 0 Å². The van der Waals surface area contributed by atoms with Crippen molar-refractivity contribution < 1.29 is 4.74 Å². The second-order valence-electron chi connectivity index (χ2n) is 4.99. The predicted molar refractivity (Wildman–Crippen MR) is 80.0 cm³/mol. The van der Waals surface area contributed by atoms with Crippen LogP contribution in [0.4, 0.5) is 5.69 Å². The summed E-state index contributed by atoms with van der Waals surface area (Å²) < 4.78 is 6.51. The van der Waals surface area contributed by atoms with E-state index < -0.39 is 0 Å². The summed E-state index contributed by atoms with van der Waals surface area (Å²) in [5.74, 6) is 0.909. The molecular weight excluding hydrogens is 290 g/mol. The first kappa shape index (κ1) is 13.9. The van der Waals surface area contributed by atoms with Gasteiger partial charge in [-0.3, -0.25) is 0 Å². The molecule has 2 nitrogen and oxygen atoms in total. The van der Waals surface area contributed by atoms with Crippen LogP contribution in [0.1, 0.15) is 32.1 Å². The molecule has 0 bridgehead atoms. The largest absolute Gasteiger partial charge is 0.385 e. The van der Waals surface area contributed by atoms with Crippen LogP contribution in [0.5, 0.6) is 0 Å². The molecule has 1 aliphatic heterocycles. The SMILES string of the molecule is Brc1ccc(NCCCCC2CCOCC2)cc1. The highest BCUT2D eigenvalue weighted by molar-refractivity contribution is 9.10. The van der Waals surface area contributed by atoms with E-state index in [0.717, 1.165) is 30.1 Å². The molecule has 0 amide bonds. The first-order chi connectivity index (χ1) is 8.84. The summed E-state index contributed by atoms with van der Waals surface area (Å²) in [7, 11) is 0. The van der Waals surface area contributed by atoms with E-state index in [4.69, 9.17) is 4.74 Å². The van der Waals surface area contributed by atoms with Crippen LogP contribution < -0.4 is 5.32 Å². The van der Waals surface area contributed by atoms with E-state index >= 15 is 0 Å². The zero-order valence-electron chi connectivity index (χ0n) is 10.8. The van der Waals surface area contributed by atoms with Crippen LogP contribution >= 0.6 is 15.9 Å². The Morgan fingerprint density at radius 1 is 1.11 bits per heavy atom. The van der Waals surface area contributed by atoms with Crippen molar-refractivity contribution >= 4 is 21.6 Å². The Morgan fingerprint density at radius 3 is 2.56 bits per heavy atom. The molecule has 0 unspecified atom stereocenters. The molecule has 100 valence electrons. The maximum Gasteiger partial charge on any atom is 0.0468 e. The number of anilines is 1. The summed E-state index contributed by atoms with van der Waals surface area (Å²) in [5.41, 5.74) is 1.21. The van der Waals surface area contributed by atoms with Gasteiger partial charge >= 0.3 is 0 Å². The normalized spacial score (nSPS) is 16.7. The van der Waals surface area contributed by atoms with Gasteiger partial charge in [-0.2, -0.15) is 0 Å². The van der Waals surface area contributed by atoms with E-state index in [2.05, 4.69) is 45.5 Å². The van der Waals surface area contributed by atoms with Crippen LogP contribution in [0.15, 0.2) is 28.7 Å². The lowest BCUT2D eigenvalue weighted by molar-refractivity contribution is 0.0632. The van der Waals surface area contributed by atoms with Crippen molar-refractivity contribution in [2.45, 2.75) is 32.1 Å². The molecule has 0 saturated carbocycles. The van der Waals surface area contributed by atoms with Crippen molar-refractivity contribution in [1.82, 2.24) is 0 Å². The third-order valence-electron chi connectivity index (χ3n) is 3.55. The fraction of sp³-hybridized carbons (Fsp3) is 0.600. The smallest absolute Gasteiger partial charge is 0.0468 e. The van der Waals surface area contributed by atoms with Gasteiger partial charge in [-0.25, -0.2) is 0 Å². The molecule has 1 fully saturated rings. The molecule has 1 aliphatic rings. The van der Waals surface area contributed by atoms with Crippen LogP contribution in [0, 0.1) is 5.92 Å². The summed E-state index contributed by atoms with van der Waals surface area (Å²) in [6.45, 7) is 3.02. The molecule has 0 radical (unpaired) electrons. The fourth-order valence-corrected chi connectivity index (χ4v) is 2.66. The summed E-state index contributed by atoms with van der Waals surface area (Å²) in [6.07, 6.45) is 6.48. The van der Waals surface area contributed by atoms with E-state index in [1.54, 1.807) is 0 Å². The van der Waals surface area contributed by atoms with Crippen LogP contribution in [-0.4, -0.2) is 19.8 Å². The molecular formula is C15H22BrNO. The lowest BCUT2D eigenvalue weighted by Gasteiger charge is -2.21. The van der Waals surface area contributed by atoms with Crippen LogP contribution in [0.25, 0.3) is 0 Å². The number of halogens is 1. The standard InChI is InChI=1S/C15H22BrNO/c16-14-4-6-15(7-5-14)17-10-2-1-3-13-8-11-18-12-9-13/h4-7,13,17H,1-3,8-12H2. The Balaban J connectivity index is 1.54. The number of nitrogens with one attached hydrogen (secondary N) is 1. The molecule has 0 aromatic heterocycles. The van der Waals surface area contributed by atoms with Crippen molar-refractivity contribution in [1.29, 1.82) is 0 Å². The summed E-state index contributed by atoms with van der Waals surface area (Å²) in [5, 5.41) is 3.46. The van der Waals surface area contributed by atoms with Crippen LogP contribution in [-0.2, 0) is 4.74 Å². The van der Waals surface area contributed by atoms with Gasteiger partial charge in [0, 0.05) is 29.9 Å². The molecule has 1 N–H and O–H groups in total. The van der Waals surface area contributed by atoms with E-state index in [1.165, 1.54) is 37.8 Å². The van der Waals surface area contributed by atoms with Gasteiger partial charge in [-0.15, -0.1) is 0 Å². The summed E-state index contributed by atoms with van der Waals surface area (Å²) in [6, 6.07) is 8.37.